The molecule has 8 nitrogen and oxygen atoms in total. The first-order valence-corrected chi connectivity index (χ1v) is 15.4. The molecule has 0 amide bonds. The van der Waals surface area contributed by atoms with Crippen LogP contribution in [0.5, 0.6) is 5.75 Å². The maximum absolute atomic E-state index is 13.9. The van der Waals surface area contributed by atoms with E-state index >= 15 is 0 Å². The smallest absolute Gasteiger partial charge is 0.238 e. The predicted molar refractivity (Wildman–Crippen MR) is 151 cm³/mol. The zero-order valence-electron chi connectivity index (χ0n) is 22.9. The fourth-order valence-corrected chi connectivity index (χ4v) is 6.63. The van der Waals surface area contributed by atoms with Crippen molar-refractivity contribution < 1.29 is 22.4 Å². The van der Waals surface area contributed by atoms with E-state index in [2.05, 4.69) is 21.1 Å². The van der Waals surface area contributed by atoms with Crippen molar-refractivity contribution in [3.05, 3.63) is 83.2 Å². The van der Waals surface area contributed by atoms with E-state index in [0.717, 1.165) is 47.5 Å². The molecule has 1 unspecified atom stereocenters. The molecule has 0 radical (unpaired) electrons. The molecule has 2 aromatic carbocycles. The number of sulfone groups is 1. The minimum absolute atomic E-state index is 0.0474. The molecule has 2 fully saturated rings. The van der Waals surface area contributed by atoms with Crippen LogP contribution < -0.4 is 4.74 Å². The van der Waals surface area contributed by atoms with E-state index in [4.69, 9.17) is 9.57 Å². The normalized spacial score (nSPS) is 22.2. The Kier molecular flexibility index (Phi) is 6.48. The lowest BCUT2D eigenvalue weighted by Gasteiger charge is -2.43. The number of fused-ring (bicyclic) bond motifs is 1. The van der Waals surface area contributed by atoms with E-state index in [1.807, 2.05) is 35.9 Å². The second kappa shape index (κ2) is 9.76. The maximum atomic E-state index is 13.9. The van der Waals surface area contributed by atoms with Crippen LogP contribution in [-0.2, 0) is 20.4 Å². The number of aromatic nitrogens is 2. The topological polar surface area (TPSA) is 86.0 Å². The summed E-state index contributed by atoms with van der Waals surface area (Å²) in [5, 5.41) is 4.56. The lowest BCUT2D eigenvalue weighted by Crippen LogP contribution is -2.52. The summed E-state index contributed by atoms with van der Waals surface area (Å²) in [6.45, 7) is 4.29. The molecule has 3 heterocycles. The van der Waals surface area contributed by atoms with Crippen molar-refractivity contribution in [1.82, 2.24) is 14.5 Å². The largest absolute Gasteiger partial charge is 0.495 e. The van der Waals surface area contributed by atoms with Crippen molar-refractivity contribution in [2.45, 2.75) is 45.3 Å². The van der Waals surface area contributed by atoms with E-state index in [-0.39, 0.29) is 29.2 Å². The number of halogens is 1. The molecule has 1 atom stereocenters. The van der Waals surface area contributed by atoms with Gasteiger partial charge in [-0.25, -0.2) is 17.8 Å². The number of imidazole rings is 1. The van der Waals surface area contributed by atoms with Crippen LogP contribution in [0.15, 0.2) is 65.7 Å². The minimum atomic E-state index is -3.27. The van der Waals surface area contributed by atoms with Crippen LogP contribution in [0.4, 0.5) is 4.39 Å². The number of aryl methyl sites for hydroxylation is 1. The van der Waals surface area contributed by atoms with Crippen LogP contribution in [0.1, 0.15) is 49.4 Å². The van der Waals surface area contributed by atoms with Gasteiger partial charge in [0, 0.05) is 30.5 Å². The third-order valence-electron chi connectivity index (χ3n) is 8.30. The second-order valence-corrected chi connectivity index (χ2v) is 13.5. The summed E-state index contributed by atoms with van der Waals surface area (Å²) in [4.78, 5) is 12.7. The molecule has 10 heteroatoms. The Balaban J connectivity index is 1.39. The Bertz CT molecular complexity index is 1610. The second-order valence-electron chi connectivity index (χ2n) is 11.1. The van der Waals surface area contributed by atoms with Crippen molar-refractivity contribution in [1.29, 1.82) is 0 Å². The van der Waals surface area contributed by atoms with Gasteiger partial charge in [-0.3, -0.25) is 0 Å². The number of nitrogens with zero attached hydrogens (tertiary/aromatic N) is 4. The average Bonchev–Trinajstić information content (AvgIpc) is 3.36. The van der Waals surface area contributed by atoms with Crippen LogP contribution >= 0.6 is 0 Å². The van der Waals surface area contributed by atoms with Crippen LogP contribution in [0.2, 0.25) is 0 Å². The molecular weight excluding hydrogens is 531 g/mol. The first kappa shape index (κ1) is 26.6. The molecule has 1 spiro atoms. The van der Waals surface area contributed by atoms with Crippen LogP contribution in [-0.4, -0.2) is 53.9 Å². The summed E-state index contributed by atoms with van der Waals surface area (Å²) in [7, 11) is -1.62. The van der Waals surface area contributed by atoms with Gasteiger partial charge in [0.05, 0.1) is 30.6 Å². The molecule has 2 aliphatic heterocycles. The Morgan fingerprint density at radius 1 is 1.18 bits per heavy atom. The summed E-state index contributed by atoms with van der Waals surface area (Å²) in [5.74, 6) is 1.05. The van der Waals surface area contributed by atoms with Crippen LogP contribution in [0.3, 0.4) is 0 Å². The minimum Gasteiger partial charge on any atom is -0.495 e. The predicted octanol–water partition coefficient (Wildman–Crippen LogP) is 5.22. The molecule has 40 heavy (non-hydrogen) atoms. The van der Waals surface area contributed by atoms with Gasteiger partial charge in [0.1, 0.15) is 21.4 Å². The number of ether oxygens (including phenoxy) is 1. The SMILES string of the molecule is CCS(=O)(=O)CCC1(c2ccc(F)cc2)ON=C2C(=Cc3ccc(-n4cnc(C)c4)c(OC)c3)CC3(CC3)CN21. The summed E-state index contributed by atoms with van der Waals surface area (Å²) < 4.78 is 46.7. The monoisotopic (exact) mass is 564 g/mol. The van der Waals surface area contributed by atoms with Gasteiger partial charge in [0.15, 0.2) is 5.84 Å². The lowest BCUT2D eigenvalue weighted by atomic mass is 9.85. The fraction of sp³-hybridized carbons (Fsp3) is 0.400. The summed E-state index contributed by atoms with van der Waals surface area (Å²) in [6, 6.07) is 12.2. The van der Waals surface area contributed by atoms with E-state index in [1.165, 1.54) is 12.1 Å². The number of hydrogen-bond acceptors (Lipinski definition) is 7. The van der Waals surface area contributed by atoms with Crippen molar-refractivity contribution in [3.8, 4) is 11.4 Å². The Morgan fingerprint density at radius 2 is 1.95 bits per heavy atom. The highest BCUT2D eigenvalue weighted by Gasteiger charge is 2.58. The first-order valence-electron chi connectivity index (χ1n) is 13.6. The first-order chi connectivity index (χ1) is 19.2. The maximum Gasteiger partial charge on any atom is 0.238 e. The summed E-state index contributed by atoms with van der Waals surface area (Å²) in [6.07, 6.45) is 9.01. The van der Waals surface area contributed by atoms with Crippen molar-refractivity contribution >= 4 is 21.7 Å². The highest BCUT2D eigenvalue weighted by atomic mass is 32.2. The van der Waals surface area contributed by atoms with Crippen molar-refractivity contribution in [3.63, 3.8) is 0 Å². The third kappa shape index (κ3) is 4.78. The lowest BCUT2D eigenvalue weighted by molar-refractivity contribution is -0.114. The van der Waals surface area contributed by atoms with Gasteiger partial charge < -0.3 is 19.0 Å². The fourth-order valence-electron chi connectivity index (χ4n) is 5.76. The molecule has 0 bridgehead atoms. The molecule has 0 N–H and O–H groups in total. The number of methoxy groups -OCH3 is 1. The van der Waals surface area contributed by atoms with Gasteiger partial charge in [0.2, 0.25) is 5.72 Å². The van der Waals surface area contributed by atoms with Crippen LogP contribution in [0, 0.1) is 18.2 Å². The van der Waals surface area contributed by atoms with Crippen LogP contribution in [0.25, 0.3) is 11.8 Å². The van der Waals surface area contributed by atoms with Gasteiger partial charge in [0.25, 0.3) is 0 Å². The average molecular weight is 565 g/mol. The molecular formula is C30H33FN4O4S. The highest BCUT2D eigenvalue weighted by Crippen LogP contribution is 2.57. The Morgan fingerprint density at radius 3 is 2.60 bits per heavy atom. The van der Waals surface area contributed by atoms with E-state index in [1.54, 1.807) is 32.5 Å². The molecule has 1 saturated heterocycles. The highest BCUT2D eigenvalue weighted by molar-refractivity contribution is 7.91. The molecule has 6 rings (SSSR count). The van der Waals surface area contributed by atoms with E-state index < -0.39 is 15.6 Å². The molecule has 3 aliphatic rings. The molecule has 1 saturated carbocycles. The van der Waals surface area contributed by atoms with Gasteiger partial charge in [-0.1, -0.05) is 30.3 Å². The Hall–Kier alpha value is -3.66. The molecule has 210 valence electrons. The number of piperidine rings is 1. The zero-order chi connectivity index (χ0) is 28.1. The van der Waals surface area contributed by atoms with Gasteiger partial charge in [-0.15, -0.1) is 0 Å². The molecule has 1 aliphatic carbocycles. The number of benzene rings is 2. The van der Waals surface area contributed by atoms with Gasteiger partial charge in [-0.05, 0) is 73.1 Å². The molecule has 3 aromatic rings. The number of amidine groups is 1. The molecule has 1 aromatic heterocycles. The standard InChI is InChI=1S/C30H33FN4O4S/c1-4-40(36,37)14-13-30(24-6-8-25(31)9-7-24)35-19-29(11-12-29)17-23(28(35)33-39-30)15-22-5-10-26(27(16-22)38-3)34-18-21(2)32-20-34/h5-10,15-16,18,20H,4,11-14,17,19H2,1-3H3. The van der Waals surface area contributed by atoms with Crippen molar-refractivity contribution in [2.75, 3.05) is 25.2 Å². The van der Waals surface area contributed by atoms with Gasteiger partial charge >= 0.3 is 0 Å². The van der Waals surface area contributed by atoms with E-state index in [0.29, 0.717) is 17.9 Å². The number of oxime groups is 1. The quantitative estimate of drug-likeness (QED) is 0.373. The zero-order valence-corrected chi connectivity index (χ0v) is 23.7. The Labute approximate surface area is 234 Å². The third-order valence-corrected chi connectivity index (χ3v) is 10.0. The number of hydrogen-bond donors (Lipinski definition) is 0. The van der Waals surface area contributed by atoms with Gasteiger partial charge in [-0.2, -0.15) is 0 Å². The van der Waals surface area contributed by atoms with E-state index in [9.17, 15) is 12.8 Å². The summed E-state index contributed by atoms with van der Waals surface area (Å²) >= 11 is 0. The van der Waals surface area contributed by atoms with Crippen molar-refractivity contribution in [2.24, 2.45) is 10.6 Å². The summed E-state index contributed by atoms with van der Waals surface area (Å²) in [5.41, 5.74) is 3.44. The number of rotatable bonds is 8.